The Balaban J connectivity index is 1.98. The Morgan fingerprint density at radius 3 is 2.31 bits per heavy atom. The van der Waals surface area contributed by atoms with Gasteiger partial charge in [0.05, 0.1) is 0 Å². The van der Waals surface area contributed by atoms with Gasteiger partial charge in [0.15, 0.2) is 0 Å². The minimum atomic E-state index is 0.356. The molecule has 1 nitrogen and oxygen atoms in total. The zero-order valence-electron chi connectivity index (χ0n) is 10.6. The lowest BCUT2D eigenvalue weighted by Gasteiger charge is -2.26. The molecule has 0 aromatic heterocycles. The Bertz CT molecular complexity index is 230. The highest BCUT2D eigenvalue weighted by molar-refractivity contribution is 5.15. The predicted molar refractivity (Wildman–Crippen MR) is 70.4 cm³/mol. The largest absolute Gasteiger partial charge is 0.396 e. The first-order valence-corrected chi connectivity index (χ1v) is 6.72. The molecular formula is C15H26O. The molecule has 1 atom stereocenters. The van der Waals surface area contributed by atoms with Gasteiger partial charge in [-0.1, -0.05) is 63.3 Å². The van der Waals surface area contributed by atoms with Crippen LogP contribution in [0.3, 0.4) is 0 Å². The SMILES string of the molecule is CC1(CCCCCCCCO)C=CC=CC1. The summed E-state index contributed by atoms with van der Waals surface area (Å²) >= 11 is 0. The van der Waals surface area contributed by atoms with Crippen LogP contribution in [0, 0.1) is 5.41 Å². The van der Waals surface area contributed by atoms with Crippen LogP contribution in [0.1, 0.15) is 58.3 Å². The van der Waals surface area contributed by atoms with Crippen molar-refractivity contribution < 1.29 is 5.11 Å². The maximum Gasteiger partial charge on any atom is 0.0431 e. The fourth-order valence-electron chi connectivity index (χ4n) is 2.30. The van der Waals surface area contributed by atoms with Crippen LogP contribution in [-0.4, -0.2) is 11.7 Å². The molecule has 0 aromatic carbocycles. The van der Waals surface area contributed by atoms with E-state index in [0.717, 1.165) is 6.42 Å². The van der Waals surface area contributed by atoms with Gasteiger partial charge in [0.25, 0.3) is 0 Å². The molecule has 1 aliphatic carbocycles. The molecule has 0 aromatic rings. The summed E-state index contributed by atoms with van der Waals surface area (Å²) in [6.07, 6.45) is 19.0. The van der Waals surface area contributed by atoms with Crippen LogP contribution in [-0.2, 0) is 0 Å². The van der Waals surface area contributed by atoms with Crippen molar-refractivity contribution in [3.8, 4) is 0 Å². The first kappa shape index (κ1) is 13.5. The molecule has 0 saturated carbocycles. The van der Waals surface area contributed by atoms with E-state index in [-0.39, 0.29) is 0 Å². The molecule has 92 valence electrons. The second-order valence-corrected chi connectivity index (χ2v) is 5.24. The third kappa shape index (κ3) is 5.50. The normalized spacial score (nSPS) is 23.9. The van der Waals surface area contributed by atoms with E-state index < -0.39 is 0 Å². The molecule has 1 unspecified atom stereocenters. The lowest BCUT2D eigenvalue weighted by Crippen LogP contribution is -2.13. The Hall–Kier alpha value is -0.560. The van der Waals surface area contributed by atoms with Crippen LogP contribution in [0.2, 0.25) is 0 Å². The minimum absolute atomic E-state index is 0.356. The average Bonchev–Trinajstić information content (AvgIpc) is 2.29. The molecule has 0 amide bonds. The van der Waals surface area contributed by atoms with Gasteiger partial charge < -0.3 is 5.11 Å². The number of rotatable bonds is 8. The highest BCUT2D eigenvalue weighted by Crippen LogP contribution is 2.32. The second kappa shape index (κ2) is 7.67. The van der Waals surface area contributed by atoms with Crippen LogP contribution in [0.25, 0.3) is 0 Å². The molecule has 0 saturated heterocycles. The molecule has 1 N–H and O–H groups in total. The zero-order chi connectivity index (χ0) is 11.7. The number of hydrogen-bond donors (Lipinski definition) is 1. The summed E-state index contributed by atoms with van der Waals surface area (Å²) in [5.41, 5.74) is 0.417. The van der Waals surface area contributed by atoms with Crippen molar-refractivity contribution >= 4 is 0 Å². The molecular weight excluding hydrogens is 196 g/mol. The lowest BCUT2D eigenvalue weighted by molar-refractivity contribution is 0.282. The zero-order valence-corrected chi connectivity index (χ0v) is 10.6. The highest BCUT2D eigenvalue weighted by atomic mass is 16.2. The number of unbranched alkanes of at least 4 members (excludes halogenated alkanes) is 5. The summed E-state index contributed by atoms with van der Waals surface area (Å²) in [5, 5.41) is 8.66. The van der Waals surface area contributed by atoms with Crippen molar-refractivity contribution in [3.63, 3.8) is 0 Å². The lowest BCUT2D eigenvalue weighted by atomic mass is 9.79. The van der Waals surface area contributed by atoms with Crippen molar-refractivity contribution in [1.82, 2.24) is 0 Å². The van der Waals surface area contributed by atoms with Crippen molar-refractivity contribution in [2.45, 2.75) is 58.3 Å². The van der Waals surface area contributed by atoms with Gasteiger partial charge in [-0.25, -0.2) is 0 Å². The average molecular weight is 222 g/mol. The van der Waals surface area contributed by atoms with Gasteiger partial charge in [-0.3, -0.25) is 0 Å². The summed E-state index contributed by atoms with van der Waals surface area (Å²) < 4.78 is 0. The third-order valence-corrected chi connectivity index (χ3v) is 3.49. The molecule has 0 radical (unpaired) electrons. The van der Waals surface area contributed by atoms with Gasteiger partial charge in [-0.15, -0.1) is 0 Å². The summed E-state index contributed by atoms with van der Waals surface area (Å²) in [5.74, 6) is 0. The Labute approximate surface area is 100 Å². The standard InChI is InChI=1S/C15H26O/c1-15(12-8-6-9-13-15)11-7-4-2-3-5-10-14-16/h6,8-9,12,16H,2-5,7,10-11,13-14H2,1H3. The van der Waals surface area contributed by atoms with Crippen molar-refractivity contribution in [1.29, 1.82) is 0 Å². The van der Waals surface area contributed by atoms with Gasteiger partial charge >= 0.3 is 0 Å². The number of hydrogen-bond acceptors (Lipinski definition) is 1. The van der Waals surface area contributed by atoms with Crippen LogP contribution in [0.15, 0.2) is 24.3 Å². The van der Waals surface area contributed by atoms with Crippen molar-refractivity contribution in [2.24, 2.45) is 5.41 Å². The molecule has 0 fully saturated rings. The minimum Gasteiger partial charge on any atom is -0.396 e. The van der Waals surface area contributed by atoms with Gasteiger partial charge in [0, 0.05) is 6.61 Å². The highest BCUT2D eigenvalue weighted by Gasteiger charge is 2.19. The monoisotopic (exact) mass is 222 g/mol. The van der Waals surface area contributed by atoms with E-state index in [1.807, 2.05) is 0 Å². The smallest absolute Gasteiger partial charge is 0.0431 e. The maximum atomic E-state index is 8.66. The number of aliphatic hydroxyl groups excluding tert-OH is 1. The fourth-order valence-corrected chi connectivity index (χ4v) is 2.30. The van der Waals surface area contributed by atoms with Gasteiger partial charge in [0.1, 0.15) is 0 Å². The van der Waals surface area contributed by atoms with E-state index in [4.69, 9.17) is 5.11 Å². The van der Waals surface area contributed by atoms with Gasteiger partial charge in [-0.05, 0) is 24.7 Å². The summed E-state index contributed by atoms with van der Waals surface area (Å²) in [7, 11) is 0. The fraction of sp³-hybridized carbons (Fsp3) is 0.733. The molecule has 0 bridgehead atoms. The molecule has 0 heterocycles. The topological polar surface area (TPSA) is 20.2 Å². The maximum absolute atomic E-state index is 8.66. The van der Waals surface area contributed by atoms with E-state index in [9.17, 15) is 0 Å². The first-order valence-electron chi connectivity index (χ1n) is 6.72. The van der Waals surface area contributed by atoms with E-state index in [1.165, 1.54) is 44.9 Å². The Morgan fingerprint density at radius 2 is 1.69 bits per heavy atom. The van der Waals surface area contributed by atoms with Gasteiger partial charge in [-0.2, -0.15) is 0 Å². The molecule has 0 spiro atoms. The third-order valence-electron chi connectivity index (χ3n) is 3.49. The van der Waals surface area contributed by atoms with Crippen LogP contribution in [0.5, 0.6) is 0 Å². The van der Waals surface area contributed by atoms with Crippen molar-refractivity contribution in [2.75, 3.05) is 6.61 Å². The summed E-state index contributed by atoms with van der Waals surface area (Å²) in [6, 6.07) is 0. The molecule has 1 heteroatoms. The van der Waals surface area contributed by atoms with E-state index >= 15 is 0 Å². The van der Waals surface area contributed by atoms with E-state index in [0.29, 0.717) is 12.0 Å². The Kier molecular flexibility index (Phi) is 6.47. The van der Waals surface area contributed by atoms with E-state index in [2.05, 4.69) is 31.2 Å². The number of aliphatic hydroxyl groups is 1. The summed E-state index contributed by atoms with van der Waals surface area (Å²) in [6.45, 7) is 2.72. The van der Waals surface area contributed by atoms with E-state index in [1.54, 1.807) is 0 Å². The first-order chi connectivity index (χ1) is 7.77. The second-order valence-electron chi connectivity index (χ2n) is 5.24. The van der Waals surface area contributed by atoms with Crippen molar-refractivity contribution in [3.05, 3.63) is 24.3 Å². The number of allylic oxidation sites excluding steroid dienone is 4. The van der Waals surface area contributed by atoms with Crippen LogP contribution < -0.4 is 0 Å². The predicted octanol–water partition coefficient (Wildman–Crippen LogP) is 4.23. The van der Waals surface area contributed by atoms with Crippen LogP contribution >= 0.6 is 0 Å². The molecule has 1 rings (SSSR count). The van der Waals surface area contributed by atoms with Gasteiger partial charge in [0.2, 0.25) is 0 Å². The molecule has 0 aliphatic heterocycles. The molecule has 1 aliphatic rings. The molecule has 16 heavy (non-hydrogen) atoms. The Morgan fingerprint density at radius 1 is 1.00 bits per heavy atom. The quantitative estimate of drug-likeness (QED) is 0.609. The summed E-state index contributed by atoms with van der Waals surface area (Å²) in [4.78, 5) is 0. The van der Waals surface area contributed by atoms with Crippen LogP contribution in [0.4, 0.5) is 0 Å².